The molecule has 20 heavy (non-hydrogen) atoms. The Labute approximate surface area is 138 Å². The normalized spacial score (nSPS) is 10.2. The van der Waals surface area contributed by atoms with E-state index in [4.69, 9.17) is 21.1 Å². The maximum atomic E-state index is 10.7. The van der Waals surface area contributed by atoms with Crippen LogP contribution in [0.4, 0.5) is 0 Å². The summed E-state index contributed by atoms with van der Waals surface area (Å²) in [6.45, 7) is 0. The van der Waals surface area contributed by atoms with Crippen molar-refractivity contribution in [2.75, 3.05) is 7.11 Å². The first kappa shape index (κ1) is 15.4. The van der Waals surface area contributed by atoms with Gasteiger partial charge in [-0.3, -0.25) is 4.79 Å². The Morgan fingerprint density at radius 2 is 1.70 bits per heavy atom. The quantitative estimate of drug-likeness (QED) is 0.615. The highest BCUT2D eigenvalue weighted by molar-refractivity contribution is 9.11. The highest BCUT2D eigenvalue weighted by Crippen LogP contribution is 2.39. The van der Waals surface area contributed by atoms with Crippen LogP contribution in [0.3, 0.4) is 0 Å². The van der Waals surface area contributed by atoms with Crippen molar-refractivity contribution < 1.29 is 14.3 Å². The average Bonchev–Trinajstić information content (AvgIpc) is 2.44. The van der Waals surface area contributed by atoms with Crippen LogP contribution in [0.1, 0.15) is 10.4 Å². The molecule has 2 aromatic carbocycles. The van der Waals surface area contributed by atoms with E-state index in [0.717, 1.165) is 15.2 Å². The molecule has 0 fully saturated rings. The van der Waals surface area contributed by atoms with Gasteiger partial charge in [-0.05, 0) is 62.2 Å². The van der Waals surface area contributed by atoms with Crippen LogP contribution >= 0.6 is 43.5 Å². The number of hydrogen-bond donors (Lipinski definition) is 0. The molecule has 0 heterocycles. The summed E-state index contributed by atoms with van der Waals surface area (Å²) in [6, 6.07) is 8.40. The smallest absolute Gasteiger partial charge is 0.150 e. The standard InChI is InChI=1S/C14H9Br2ClO3/c1-19-13-5-10(16)14(6-9(13)15)20-12-3-2-8(7-18)4-11(12)17/h2-7H,1H3. The summed E-state index contributed by atoms with van der Waals surface area (Å²) in [5, 5.41) is 0.369. The van der Waals surface area contributed by atoms with Crippen LogP contribution in [0.25, 0.3) is 0 Å². The summed E-state index contributed by atoms with van der Waals surface area (Å²) in [4.78, 5) is 10.7. The molecule has 0 atom stereocenters. The van der Waals surface area contributed by atoms with Crippen molar-refractivity contribution in [1.82, 2.24) is 0 Å². The van der Waals surface area contributed by atoms with Gasteiger partial charge in [-0.15, -0.1) is 0 Å². The van der Waals surface area contributed by atoms with E-state index in [1.165, 1.54) is 0 Å². The molecule has 2 rings (SSSR count). The molecule has 3 nitrogen and oxygen atoms in total. The molecule has 0 aliphatic carbocycles. The van der Waals surface area contributed by atoms with Crippen LogP contribution in [0.5, 0.6) is 17.2 Å². The lowest BCUT2D eigenvalue weighted by atomic mass is 10.2. The Balaban J connectivity index is 2.35. The minimum Gasteiger partial charge on any atom is -0.496 e. The van der Waals surface area contributed by atoms with Crippen molar-refractivity contribution in [2.24, 2.45) is 0 Å². The van der Waals surface area contributed by atoms with Crippen molar-refractivity contribution in [3.8, 4) is 17.2 Å². The fourth-order valence-corrected chi connectivity index (χ4v) is 2.65. The lowest BCUT2D eigenvalue weighted by molar-refractivity contribution is 0.112. The maximum absolute atomic E-state index is 10.7. The van der Waals surface area contributed by atoms with Crippen molar-refractivity contribution >= 4 is 49.7 Å². The Morgan fingerprint density at radius 3 is 2.30 bits per heavy atom. The van der Waals surface area contributed by atoms with E-state index in [9.17, 15) is 4.79 Å². The molecule has 0 aliphatic rings. The fourth-order valence-electron chi connectivity index (χ4n) is 1.54. The van der Waals surface area contributed by atoms with Crippen LogP contribution in [0.15, 0.2) is 39.3 Å². The number of ether oxygens (including phenoxy) is 2. The SMILES string of the molecule is COc1cc(Br)c(Oc2ccc(C=O)cc2Cl)cc1Br. The molecule has 0 aliphatic heterocycles. The predicted octanol–water partition coefficient (Wildman–Crippen LogP) is 5.48. The number of hydrogen-bond acceptors (Lipinski definition) is 3. The number of methoxy groups -OCH3 is 1. The summed E-state index contributed by atoms with van der Waals surface area (Å²) in [7, 11) is 1.59. The van der Waals surface area contributed by atoms with Gasteiger partial charge >= 0.3 is 0 Å². The largest absolute Gasteiger partial charge is 0.496 e. The first-order valence-corrected chi connectivity index (χ1v) is 7.47. The molecule has 0 aromatic heterocycles. The summed E-state index contributed by atoms with van der Waals surface area (Å²) in [6.07, 6.45) is 0.732. The lowest BCUT2D eigenvalue weighted by Crippen LogP contribution is -1.91. The molecule has 6 heteroatoms. The van der Waals surface area contributed by atoms with E-state index in [0.29, 0.717) is 27.8 Å². The molecule has 0 amide bonds. The lowest BCUT2D eigenvalue weighted by Gasteiger charge is -2.12. The number of carbonyl (C=O) groups is 1. The number of carbonyl (C=O) groups excluding carboxylic acids is 1. The minimum atomic E-state index is 0.369. The van der Waals surface area contributed by atoms with Crippen LogP contribution < -0.4 is 9.47 Å². The Hall–Kier alpha value is -1.04. The van der Waals surface area contributed by atoms with Crippen molar-refractivity contribution in [3.05, 3.63) is 49.9 Å². The van der Waals surface area contributed by atoms with Gasteiger partial charge in [-0.25, -0.2) is 0 Å². The van der Waals surface area contributed by atoms with Gasteiger partial charge in [0, 0.05) is 5.56 Å². The fraction of sp³-hybridized carbons (Fsp3) is 0.0714. The Morgan fingerprint density at radius 1 is 1.05 bits per heavy atom. The van der Waals surface area contributed by atoms with Crippen molar-refractivity contribution in [1.29, 1.82) is 0 Å². The second kappa shape index (κ2) is 6.61. The molecule has 0 bridgehead atoms. The second-order valence-electron chi connectivity index (χ2n) is 3.83. The van der Waals surface area contributed by atoms with Crippen LogP contribution in [-0.4, -0.2) is 13.4 Å². The summed E-state index contributed by atoms with van der Waals surface area (Å²) in [5.41, 5.74) is 0.498. The van der Waals surface area contributed by atoms with Gasteiger partial charge in [-0.1, -0.05) is 11.6 Å². The van der Waals surface area contributed by atoms with Gasteiger partial charge in [0.15, 0.2) is 0 Å². The highest BCUT2D eigenvalue weighted by atomic mass is 79.9. The highest BCUT2D eigenvalue weighted by Gasteiger charge is 2.11. The van der Waals surface area contributed by atoms with Crippen molar-refractivity contribution in [3.63, 3.8) is 0 Å². The molecule has 2 aromatic rings. The third-order valence-electron chi connectivity index (χ3n) is 2.52. The molecule has 0 spiro atoms. The van der Waals surface area contributed by atoms with Gasteiger partial charge in [0.2, 0.25) is 0 Å². The first-order valence-electron chi connectivity index (χ1n) is 5.50. The maximum Gasteiger partial charge on any atom is 0.150 e. The Bertz CT molecular complexity index is 659. The minimum absolute atomic E-state index is 0.369. The van der Waals surface area contributed by atoms with E-state index < -0.39 is 0 Å². The molecular formula is C14H9Br2ClO3. The van der Waals surface area contributed by atoms with E-state index in [1.54, 1.807) is 37.4 Å². The van der Waals surface area contributed by atoms with E-state index in [-0.39, 0.29) is 0 Å². The zero-order chi connectivity index (χ0) is 14.7. The number of aldehydes is 1. The molecule has 0 radical (unpaired) electrons. The van der Waals surface area contributed by atoms with Crippen LogP contribution in [0.2, 0.25) is 5.02 Å². The van der Waals surface area contributed by atoms with E-state index in [1.807, 2.05) is 0 Å². The summed E-state index contributed by atoms with van der Waals surface area (Å²) < 4.78 is 12.4. The average molecular weight is 420 g/mol. The molecule has 0 N–H and O–H groups in total. The third kappa shape index (κ3) is 3.34. The van der Waals surface area contributed by atoms with Gasteiger partial charge < -0.3 is 9.47 Å². The topological polar surface area (TPSA) is 35.5 Å². The summed E-state index contributed by atoms with van der Waals surface area (Å²) >= 11 is 12.9. The van der Waals surface area contributed by atoms with Gasteiger partial charge in [0.25, 0.3) is 0 Å². The predicted molar refractivity (Wildman–Crippen MR) is 85.3 cm³/mol. The third-order valence-corrected chi connectivity index (χ3v) is 4.05. The molecule has 0 saturated carbocycles. The number of halogens is 3. The summed E-state index contributed by atoms with van der Waals surface area (Å²) in [5.74, 6) is 1.74. The second-order valence-corrected chi connectivity index (χ2v) is 5.94. The zero-order valence-corrected chi connectivity index (χ0v) is 14.3. The van der Waals surface area contributed by atoms with Crippen LogP contribution in [0, 0.1) is 0 Å². The van der Waals surface area contributed by atoms with Crippen molar-refractivity contribution in [2.45, 2.75) is 0 Å². The van der Waals surface area contributed by atoms with Crippen LogP contribution in [-0.2, 0) is 0 Å². The molecule has 0 unspecified atom stereocenters. The number of benzene rings is 2. The zero-order valence-electron chi connectivity index (χ0n) is 10.3. The van der Waals surface area contributed by atoms with Gasteiger partial charge in [0.1, 0.15) is 23.5 Å². The van der Waals surface area contributed by atoms with E-state index >= 15 is 0 Å². The van der Waals surface area contributed by atoms with Gasteiger partial charge in [-0.2, -0.15) is 0 Å². The monoisotopic (exact) mass is 418 g/mol. The molecular weight excluding hydrogens is 411 g/mol. The molecule has 0 saturated heterocycles. The van der Waals surface area contributed by atoms with E-state index in [2.05, 4.69) is 31.9 Å². The Kier molecular flexibility index (Phi) is 5.07. The molecule has 104 valence electrons. The van der Waals surface area contributed by atoms with Gasteiger partial charge in [0.05, 0.1) is 21.1 Å². The first-order chi connectivity index (χ1) is 9.55. The number of rotatable bonds is 4.